The number of rotatable bonds is 5. The van der Waals surface area contributed by atoms with Crippen LogP contribution in [0, 0.1) is 11.7 Å². The third-order valence-electron chi connectivity index (χ3n) is 4.10. The molecule has 1 fully saturated rings. The molecular formula is C17H26FN3O. The first-order valence-corrected chi connectivity index (χ1v) is 8.02. The maximum Gasteiger partial charge on any atom is 0.193 e. The van der Waals surface area contributed by atoms with E-state index in [0.717, 1.165) is 37.3 Å². The molecule has 2 N–H and O–H groups in total. The van der Waals surface area contributed by atoms with Crippen LogP contribution in [0.3, 0.4) is 0 Å². The van der Waals surface area contributed by atoms with Crippen molar-refractivity contribution >= 4 is 5.96 Å². The van der Waals surface area contributed by atoms with E-state index in [-0.39, 0.29) is 17.8 Å². The topological polar surface area (TPSA) is 47.9 Å². The normalized spacial score (nSPS) is 21.9. The largest absolute Gasteiger partial charge is 0.393 e. The lowest BCUT2D eigenvalue weighted by Crippen LogP contribution is -2.39. The van der Waals surface area contributed by atoms with Crippen molar-refractivity contribution in [2.45, 2.75) is 38.8 Å². The van der Waals surface area contributed by atoms with E-state index in [1.807, 2.05) is 24.9 Å². The molecule has 0 bridgehead atoms. The summed E-state index contributed by atoms with van der Waals surface area (Å²) in [5, 5.41) is 13.1. The van der Waals surface area contributed by atoms with Crippen molar-refractivity contribution in [3.8, 4) is 0 Å². The lowest BCUT2D eigenvalue weighted by atomic mass is 10.1. The Kier molecular flexibility index (Phi) is 6.19. The van der Waals surface area contributed by atoms with Crippen LogP contribution >= 0.6 is 0 Å². The van der Waals surface area contributed by atoms with E-state index in [2.05, 4.69) is 10.3 Å². The van der Waals surface area contributed by atoms with Gasteiger partial charge in [0.05, 0.1) is 6.10 Å². The van der Waals surface area contributed by atoms with Crippen LogP contribution in [-0.4, -0.2) is 42.2 Å². The second kappa shape index (κ2) is 8.13. The van der Waals surface area contributed by atoms with Gasteiger partial charge in [-0.05, 0) is 37.5 Å². The van der Waals surface area contributed by atoms with Crippen molar-refractivity contribution in [1.29, 1.82) is 0 Å². The molecule has 0 saturated heterocycles. The fourth-order valence-corrected chi connectivity index (χ4v) is 2.89. The van der Waals surface area contributed by atoms with Gasteiger partial charge in [0.15, 0.2) is 5.96 Å². The number of benzene rings is 1. The molecule has 1 aliphatic carbocycles. The zero-order valence-electron chi connectivity index (χ0n) is 13.4. The average molecular weight is 307 g/mol. The van der Waals surface area contributed by atoms with Crippen LogP contribution in [0.25, 0.3) is 0 Å². The molecule has 2 unspecified atom stereocenters. The number of hydrogen-bond donors (Lipinski definition) is 2. The molecule has 4 nitrogen and oxygen atoms in total. The van der Waals surface area contributed by atoms with Gasteiger partial charge in [0.1, 0.15) is 5.82 Å². The first-order valence-electron chi connectivity index (χ1n) is 8.02. The van der Waals surface area contributed by atoms with E-state index in [9.17, 15) is 9.50 Å². The van der Waals surface area contributed by atoms with E-state index >= 15 is 0 Å². The lowest BCUT2D eigenvalue weighted by molar-refractivity contribution is 0.136. The van der Waals surface area contributed by atoms with Gasteiger partial charge >= 0.3 is 0 Å². The molecule has 1 aromatic rings. The summed E-state index contributed by atoms with van der Waals surface area (Å²) in [6.45, 7) is 4.03. The minimum atomic E-state index is -0.222. The van der Waals surface area contributed by atoms with Crippen molar-refractivity contribution < 1.29 is 9.50 Å². The fraction of sp³-hybridized carbons (Fsp3) is 0.588. The standard InChI is InChI=1S/C17H26FN3O/c1-3-19-17(20-11-14-7-5-9-16(14)22)21(2)12-13-6-4-8-15(18)10-13/h4,6,8,10,14,16,22H,3,5,7,9,11-12H2,1-2H3,(H,19,20). The van der Waals surface area contributed by atoms with Crippen molar-refractivity contribution in [2.75, 3.05) is 20.1 Å². The number of guanidine groups is 1. The highest BCUT2D eigenvalue weighted by Crippen LogP contribution is 2.25. The van der Waals surface area contributed by atoms with Crippen LogP contribution in [0.15, 0.2) is 29.3 Å². The van der Waals surface area contributed by atoms with Gasteiger partial charge in [-0.1, -0.05) is 18.6 Å². The Morgan fingerprint density at radius 2 is 2.27 bits per heavy atom. The van der Waals surface area contributed by atoms with E-state index in [1.165, 1.54) is 6.07 Å². The number of hydrogen-bond acceptors (Lipinski definition) is 2. The van der Waals surface area contributed by atoms with Crippen LogP contribution in [0.5, 0.6) is 0 Å². The van der Waals surface area contributed by atoms with Gasteiger partial charge in [-0.25, -0.2) is 4.39 Å². The highest BCUT2D eigenvalue weighted by molar-refractivity contribution is 5.79. The summed E-state index contributed by atoms with van der Waals surface area (Å²) in [5.41, 5.74) is 0.911. The Morgan fingerprint density at radius 3 is 2.91 bits per heavy atom. The third-order valence-corrected chi connectivity index (χ3v) is 4.10. The molecular weight excluding hydrogens is 281 g/mol. The summed E-state index contributed by atoms with van der Waals surface area (Å²) >= 11 is 0. The fourth-order valence-electron chi connectivity index (χ4n) is 2.89. The van der Waals surface area contributed by atoms with Crippen LogP contribution in [0.4, 0.5) is 4.39 Å². The molecule has 2 atom stereocenters. The van der Waals surface area contributed by atoms with Crippen LogP contribution in [-0.2, 0) is 6.54 Å². The van der Waals surface area contributed by atoms with Gasteiger partial charge in [-0.3, -0.25) is 4.99 Å². The summed E-state index contributed by atoms with van der Waals surface area (Å²) in [5.74, 6) is 0.837. The molecule has 2 rings (SSSR count). The molecule has 0 aliphatic heterocycles. The number of aliphatic hydroxyl groups excluding tert-OH is 1. The van der Waals surface area contributed by atoms with Crippen LogP contribution in [0.1, 0.15) is 31.7 Å². The van der Waals surface area contributed by atoms with Crippen molar-refractivity contribution in [2.24, 2.45) is 10.9 Å². The van der Waals surface area contributed by atoms with Crippen molar-refractivity contribution in [3.63, 3.8) is 0 Å². The third kappa shape index (κ3) is 4.70. The smallest absolute Gasteiger partial charge is 0.193 e. The molecule has 1 saturated carbocycles. The summed E-state index contributed by atoms with van der Waals surface area (Å²) in [4.78, 5) is 6.63. The molecule has 0 aromatic heterocycles. The minimum absolute atomic E-state index is 0.220. The molecule has 5 heteroatoms. The molecule has 1 aromatic carbocycles. The number of aliphatic hydroxyl groups is 1. The zero-order chi connectivity index (χ0) is 15.9. The van der Waals surface area contributed by atoms with Crippen LogP contribution < -0.4 is 5.32 Å². The first kappa shape index (κ1) is 16.7. The van der Waals surface area contributed by atoms with Gasteiger partial charge in [0, 0.05) is 32.6 Å². The second-order valence-electron chi connectivity index (χ2n) is 5.94. The van der Waals surface area contributed by atoms with Crippen LogP contribution in [0.2, 0.25) is 0 Å². The minimum Gasteiger partial charge on any atom is -0.393 e. The molecule has 122 valence electrons. The maximum absolute atomic E-state index is 13.3. The average Bonchev–Trinajstić information content (AvgIpc) is 2.88. The molecule has 22 heavy (non-hydrogen) atoms. The highest BCUT2D eigenvalue weighted by atomic mass is 19.1. The van der Waals surface area contributed by atoms with Gasteiger partial charge in [-0.15, -0.1) is 0 Å². The van der Waals surface area contributed by atoms with E-state index < -0.39 is 0 Å². The predicted molar refractivity (Wildman–Crippen MR) is 87.2 cm³/mol. The summed E-state index contributed by atoms with van der Waals surface area (Å²) in [6.07, 6.45) is 2.78. The Hall–Kier alpha value is -1.62. The van der Waals surface area contributed by atoms with Gasteiger partial charge in [-0.2, -0.15) is 0 Å². The maximum atomic E-state index is 13.3. The Balaban J connectivity index is 1.99. The monoisotopic (exact) mass is 307 g/mol. The molecule has 1 aliphatic rings. The molecule has 0 spiro atoms. The predicted octanol–water partition coefficient (Wildman–Crippen LogP) is 2.38. The lowest BCUT2D eigenvalue weighted by Gasteiger charge is -2.23. The van der Waals surface area contributed by atoms with E-state index in [0.29, 0.717) is 13.1 Å². The molecule has 0 amide bonds. The summed E-state index contributed by atoms with van der Waals surface area (Å²) < 4.78 is 13.3. The van der Waals surface area contributed by atoms with Gasteiger partial charge in [0.25, 0.3) is 0 Å². The number of nitrogens with zero attached hydrogens (tertiary/aromatic N) is 2. The summed E-state index contributed by atoms with van der Waals surface area (Å²) in [7, 11) is 1.94. The van der Waals surface area contributed by atoms with E-state index in [1.54, 1.807) is 12.1 Å². The molecule has 0 radical (unpaired) electrons. The Bertz CT molecular complexity index is 506. The first-order chi connectivity index (χ1) is 10.6. The van der Waals surface area contributed by atoms with Crippen molar-refractivity contribution in [1.82, 2.24) is 10.2 Å². The zero-order valence-corrected chi connectivity index (χ0v) is 13.4. The van der Waals surface area contributed by atoms with Gasteiger partial charge in [0.2, 0.25) is 0 Å². The highest BCUT2D eigenvalue weighted by Gasteiger charge is 2.25. The quantitative estimate of drug-likeness (QED) is 0.648. The van der Waals surface area contributed by atoms with Crippen molar-refractivity contribution in [3.05, 3.63) is 35.6 Å². The molecule has 0 heterocycles. The SMILES string of the molecule is CCNC(=NCC1CCCC1O)N(C)Cc1cccc(F)c1. The van der Waals surface area contributed by atoms with E-state index in [4.69, 9.17) is 0 Å². The number of halogens is 1. The second-order valence-corrected chi connectivity index (χ2v) is 5.94. The summed E-state index contributed by atoms with van der Waals surface area (Å²) in [6, 6.07) is 6.62. The Morgan fingerprint density at radius 1 is 1.45 bits per heavy atom. The number of nitrogens with one attached hydrogen (secondary N) is 1. The number of aliphatic imine (C=N–C) groups is 1. The van der Waals surface area contributed by atoms with Gasteiger partial charge < -0.3 is 15.3 Å². The Labute approximate surface area is 132 Å².